The predicted molar refractivity (Wildman–Crippen MR) is 72.4 cm³/mol. The van der Waals surface area contributed by atoms with E-state index in [1.165, 1.54) is 0 Å². The van der Waals surface area contributed by atoms with E-state index in [1.54, 1.807) is 24.4 Å². The van der Waals surface area contributed by atoms with Crippen LogP contribution in [0.1, 0.15) is 23.5 Å². The maximum Gasteiger partial charge on any atom is 0.320 e. The van der Waals surface area contributed by atoms with Gasteiger partial charge in [0.25, 0.3) is 0 Å². The molecule has 0 aliphatic heterocycles. The lowest BCUT2D eigenvalue weighted by molar-refractivity contribution is -0.138. The monoisotopic (exact) mass is 267 g/mol. The van der Waals surface area contributed by atoms with Crippen molar-refractivity contribution in [1.29, 1.82) is 0 Å². The third-order valence-corrected chi connectivity index (χ3v) is 3.38. The van der Waals surface area contributed by atoms with Crippen LogP contribution in [-0.4, -0.2) is 16.7 Å². The molecule has 4 nitrogen and oxygen atoms in total. The highest BCUT2D eigenvalue weighted by Gasteiger charge is 2.31. The molecule has 0 bridgehead atoms. The SMILES string of the molecule is O=C1Cc2ccccc2C(C(=O)Oc2ccccn2)C1. The zero-order valence-electron chi connectivity index (χ0n) is 10.8. The normalized spacial score (nSPS) is 17.4. The van der Waals surface area contributed by atoms with Crippen LogP contribution in [0.4, 0.5) is 0 Å². The Morgan fingerprint density at radius 3 is 2.75 bits per heavy atom. The first-order valence-corrected chi connectivity index (χ1v) is 6.46. The number of fused-ring (bicyclic) bond motifs is 1. The van der Waals surface area contributed by atoms with Crippen molar-refractivity contribution < 1.29 is 14.3 Å². The summed E-state index contributed by atoms with van der Waals surface area (Å²) in [5, 5.41) is 0. The van der Waals surface area contributed by atoms with E-state index in [2.05, 4.69) is 4.98 Å². The van der Waals surface area contributed by atoms with Gasteiger partial charge in [-0.25, -0.2) is 4.98 Å². The second-order valence-electron chi connectivity index (χ2n) is 4.76. The summed E-state index contributed by atoms with van der Waals surface area (Å²) in [5.41, 5.74) is 1.79. The molecule has 1 heterocycles. The van der Waals surface area contributed by atoms with E-state index in [-0.39, 0.29) is 18.1 Å². The first-order valence-electron chi connectivity index (χ1n) is 6.46. The van der Waals surface area contributed by atoms with Gasteiger partial charge in [-0.05, 0) is 17.2 Å². The lowest BCUT2D eigenvalue weighted by Crippen LogP contribution is -2.27. The number of hydrogen-bond donors (Lipinski definition) is 0. The molecule has 1 atom stereocenters. The smallest absolute Gasteiger partial charge is 0.320 e. The minimum atomic E-state index is -0.533. The number of carbonyl (C=O) groups excluding carboxylic acids is 2. The molecule has 0 saturated heterocycles. The Morgan fingerprint density at radius 2 is 1.95 bits per heavy atom. The highest BCUT2D eigenvalue weighted by Crippen LogP contribution is 2.30. The molecule has 0 amide bonds. The predicted octanol–water partition coefficient (Wildman–Crippen LogP) is 2.29. The van der Waals surface area contributed by atoms with Crippen LogP contribution in [0, 0.1) is 0 Å². The second-order valence-corrected chi connectivity index (χ2v) is 4.76. The third-order valence-electron chi connectivity index (χ3n) is 3.38. The van der Waals surface area contributed by atoms with Crippen molar-refractivity contribution in [1.82, 2.24) is 4.98 Å². The number of Topliss-reactive ketones (excluding diaryl/α,β-unsaturated/α-hetero) is 1. The molecule has 2 aromatic rings. The second kappa shape index (κ2) is 5.25. The van der Waals surface area contributed by atoms with Crippen LogP contribution >= 0.6 is 0 Å². The highest BCUT2D eigenvalue weighted by atomic mass is 16.5. The fourth-order valence-corrected chi connectivity index (χ4v) is 2.45. The number of hydrogen-bond acceptors (Lipinski definition) is 4. The Morgan fingerprint density at radius 1 is 1.15 bits per heavy atom. The van der Waals surface area contributed by atoms with Crippen LogP contribution in [0.5, 0.6) is 5.88 Å². The molecule has 20 heavy (non-hydrogen) atoms. The van der Waals surface area contributed by atoms with Crippen molar-refractivity contribution in [2.75, 3.05) is 0 Å². The lowest BCUT2D eigenvalue weighted by atomic mass is 9.82. The fraction of sp³-hybridized carbons (Fsp3) is 0.188. The number of benzene rings is 1. The molecule has 0 spiro atoms. The van der Waals surface area contributed by atoms with E-state index in [9.17, 15) is 9.59 Å². The number of rotatable bonds is 2. The molecular weight excluding hydrogens is 254 g/mol. The Hall–Kier alpha value is -2.49. The number of carbonyl (C=O) groups is 2. The Labute approximate surface area is 116 Å². The van der Waals surface area contributed by atoms with Gasteiger partial charge in [0.1, 0.15) is 5.78 Å². The minimum Gasteiger partial charge on any atom is -0.407 e. The van der Waals surface area contributed by atoms with E-state index in [0.717, 1.165) is 11.1 Å². The van der Waals surface area contributed by atoms with Crippen molar-refractivity contribution in [2.24, 2.45) is 0 Å². The number of nitrogens with zero attached hydrogens (tertiary/aromatic N) is 1. The summed E-state index contributed by atoms with van der Waals surface area (Å²) in [6.45, 7) is 0. The summed E-state index contributed by atoms with van der Waals surface area (Å²) in [6.07, 6.45) is 2.15. The molecule has 3 rings (SSSR count). The van der Waals surface area contributed by atoms with Gasteiger partial charge >= 0.3 is 5.97 Å². The van der Waals surface area contributed by atoms with E-state index in [1.807, 2.05) is 24.3 Å². The van der Waals surface area contributed by atoms with Crippen LogP contribution in [0.3, 0.4) is 0 Å². The molecule has 1 aliphatic rings. The van der Waals surface area contributed by atoms with Crippen LogP contribution in [0.2, 0.25) is 0 Å². The average molecular weight is 267 g/mol. The van der Waals surface area contributed by atoms with Crippen LogP contribution in [0.15, 0.2) is 48.7 Å². The quantitative estimate of drug-likeness (QED) is 0.783. The molecule has 1 unspecified atom stereocenters. The zero-order chi connectivity index (χ0) is 13.9. The van der Waals surface area contributed by atoms with Crippen LogP contribution in [-0.2, 0) is 16.0 Å². The van der Waals surface area contributed by atoms with Gasteiger partial charge in [-0.2, -0.15) is 0 Å². The topological polar surface area (TPSA) is 56.3 Å². The van der Waals surface area contributed by atoms with Gasteiger partial charge in [-0.15, -0.1) is 0 Å². The van der Waals surface area contributed by atoms with Crippen LogP contribution in [0.25, 0.3) is 0 Å². The summed E-state index contributed by atoms with van der Waals surface area (Å²) < 4.78 is 5.26. The molecule has 100 valence electrons. The maximum absolute atomic E-state index is 12.3. The van der Waals surface area contributed by atoms with Gasteiger partial charge < -0.3 is 4.74 Å². The van der Waals surface area contributed by atoms with E-state index in [4.69, 9.17) is 4.74 Å². The Kier molecular flexibility index (Phi) is 3.29. The van der Waals surface area contributed by atoms with Gasteiger partial charge in [-0.1, -0.05) is 30.3 Å². The van der Waals surface area contributed by atoms with Gasteiger partial charge in [0.15, 0.2) is 0 Å². The Balaban J connectivity index is 1.87. The molecule has 0 saturated carbocycles. The van der Waals surface area contributed by atoms with Gasteiger partial charge in [0, 0.05) is 25.1 Å². The van der Waals surface area contributed by atoms with E-state index >= 15 is 0 Å². The highest BCUT2D eigenvalue weighted by molar-refractivity contribution is 5.92. The van der Waals surface area contributed by atoms with Crippen molar-refractivity contribution >= 4 is 11.8 Å². The molecule has 0 radical (unpaired) electrons. The molecule has 1 aliphatic carbocycles. The summed E-state index contributed by atoms with van der Waals surface area (Å²) in [4.78, 5) is 28.0. The molecular formula is C16H13NO3. The number of ketones is 1. The Bertz CT molecular complexity index is 652. The number of aromatic nitrogens is 1. The first-order chi connectivity index (χ1) is 9.74. The van der Waals surface area contributed by atoms with Gasteiger partial charge in [-0.3, -0.25) is 9.59 Å². The van der Waals surface area contributed by atoms with Crippen molar-refractivity contribution in [2.45, 2.75) is 18.8 Å². The molecule has 4 heteroatoms. The van der Waals surface area contributed by atoms with Crippen molar-refractivity contribution in [3.8, 4) is 5.88 Å². The third kappa shape index (κ3) is 2.45. The molecule has 0 fully saturated rings. The number of pyridine rings is 1. The fourth-order valence-electron chi connectivity index (χ4n) is 2.45. The van der Waals surface area contributed by atoms with E-state index < -0.39 is 11.9 Å². The molecule has 1 aromatic heterocycles. The lowest BCUT2D eigenvalue weighted by Gasteiger charge is -2.22. The first kappa shape index (κ1) is 12.5. The summed E-state index contributed by atoms with van der Waals surface area (Å²) in [7, 11) is 0. The van der Waals surface area contributed by atoms with Crippen molar-refractivity contribution in [3.05, 3.63) is 59.8 Å². The average Bonchev–Trinajstić information content (AvgIpc) is 2.47. The zero-order valence-corrected chi connectivity index (χ0v) is 10.8. The minimum absolute atomic E-state index is 0.0617. The summed E-state index contributed by atoms with van der Waals surface area (Å²) in [6, 6.07) is 12.6. The maximum atomic E-state index is 12.3. The largest absolute Gasteiger partial charge is 0.407 e. The van der Waals surface area contributed by atoms with Gasteiger partial charge in [0.2, 0.25) is 5.88 Å². The molecule has 0 N–H and O–H groups in total. The summed E-state index contributed by atoms with van der Waals surface area (Å²) >= 11 is 0. The van der Waals surface area contributed by atoms with Crippen LogP contribution < -0.4 is 4.74 Å². The van der Waals surface area contributed by atoms with E-state index in [0.29, 0.717) is 6.42 Å². The standard InChI is InChI=1S/C16H13NO3/c18-12-9-11-5-1-2-6-13(11)14(10-12)16(19)20-15-7-3-4-8-17-15/h1-8,14H,9-10H2. The number of esters is 1. The summed E-state index contributed by atoms with van der Waals surface area (Å²) in [5.74, 6) is -0.640. The van der Waals surface area contributed by atoms with Crippen molar-refractivity contribution in [3.63, 3.8) is 0 Å². The number of ether oxygens (including phenoxy) is 1. The van der Waals surface area contributed by atoms with Gasteiger partial charge in [0.05, 0.1) is 5.92 Å². The molecule has 1 aromatic carbocycles.